The monoisotopic (exact) mass is 652 g/mol. The fraction of sp³-hybridized carbons (Fsp3) is 0.233. The second kappa shape index (κ2) is 11.9. The van der Waals surface area contributed by atoms with Crippen LogP contribution >= 0.6 is 0 Å². The van der Waals surface area contributed by atoms with E-state index in [1.807, 2.05) is 0 Å². The first kappa shape index (κ1) is 32.0. The molecule has 236 valence electrons. The van der Waals surface area contributed by atoms with Gasteiger partial charge in [0.1, 0.15) is 16.3 Å². The molecule has 1 amide bonds. The molecule has 0 saturated carbocycles. The van der Waals surface area contributed by atoms with Crippen LogP contribution in [0, 0.1) is 5.82 Å². The number of hydrogen-bond donors (Lipinski definition) is 1. The predicted molar refractivity (Wildman–Crippen MR) is 148 cm³/mol. The summed E-state index contributed by atoms with van der Waals surface area (Å²) in [5.74, 6) is -2.01. The number of amides is 1. The minimum absolute atomic E-state index is 0.0733. The zero-order valence-electron chi connectivity index (χ0n) is 23.3. The van der Waals surface area contributed by atoms with Gasteiger partial charge in [-0.25, -0.2) is 12.8 Å². The Hall–Kier alpha value is -4.37. The predicted octanol–water partition coefficient (Wildman–Crippen LogP) is 6.17. The second-order valence-corrected chi connectivity index (χ2v) is 12.4. The third-order valence-corrected chi connectivity index (χ3v) is 8.31. The number of carbonyl (C=O) groups excluding carboxylic acids is 1. The Balaban J connectivity index is 0.000000256. The first-order valence-corrected chi connectivity index (χ1v) is 15.1. The van der Waals surface area contributed by atoms with E-state index in [1.54, 1.807) is 30.3 Å². The van der Waals surface area contributed by atoms with Gasteiger partial charge < -0.3 is 10.2 Å². The third-order valence-electron chi connectivity index (χ3n) is 7.19. The number of benzene rings is 2. The Morgan fingerprint density at radius 2 is 1.36 bits per heavy atom. The number of rotatable bonds is 3. The molecule has 2 aliphatic heterocycles. The molecule has 6 rings (SSSR count). The van der Waals surface area contributed by atoms with Crippen LogP contribution in [0.1, 0.15) is 44.0 Å². The lowest BCUT2D eigenvalue weighted by molar-refractivity contribution is -0.142. The lowest BCUT2D eigenvalue weighted by Gasteiger charge is -2.19. The van der Waals surface area contributed by atoms with Gasteiger partial charge in [-0.05, 0) is 51.6 Å². The molecule has 4 aromatic rings. The summed E-state index contributed by atoms with van der Waals surface area (Å²) in [5, 5.41) is 2.96. The van der Waals surface area contributed by atoms with Gasteiger partial charge in [0, 0.05) is 44.8 Å². The van der Waals surface area contributed by atoms with Crippen LogP contribution in [0.15, 0.2) is 71.9 Å². The number of nitrogens with one attached hydrogen (secondary N) is 1. The Morgan fingerprint density at radius 1 is 0.800 bits per heavy atom. The highest BCUT2D eigenvalue weighted by Gasteiger charge is 2.36. The van der Waals surface area contributed by atoms with Crippen LogP contribution in [-0.4, -0.2) is 35.4 Å². The van der Waals surface area contributed by atoms with Crippen molar-refractivity contribution in [3.63, 3.8) is 0 Å². The van der Waals surface area contributed by atoms with Crippen molar-refractivity contribution in [2.24, 2.45) is 0 Å². The number of sulfone groups is 1. The Bertz CT molecular complexity index is 1880. The van der Waals surface area contributed by atoms with Crippen LogP contribution in [0.25, 0.3) is 11.1 Å². The molecule has 15 heteroatoms. The molecule has 2 aromatic carbocycles. The van der Waals surface area contributed by atoms with E-state index in [4.69, 9.17) is 0 Å². The summed E-state index contributed by atoms with van der Waals surface area (Å²) >= 11 is 0. The van der Waals surface area contributed by atoms with Gasteiger partial charge in [-0.3, -0.25) is 14.8 Å². The number of halogens is 7. The van der Waals surface area contributed by atoms with Gasteiger partial charge in [0.25, 0.3) is 5.91 Å². The standard InChI is InChI=1S/C22H16F4N2O3S.C8H7F3N2/c1-32(30,31)17-8-7-16(13-5-3-2-4-6-13)19(20(17)23)21(29)28-11-14-9-18(22(24,25)26)27-10-15(14)12-28;9-8(10,11)7-1-5-2-12-3-6(5)4-13-7/h2-10H,11-12H2,1H3;1,4,12H,2-3H2. The molecule has 2 aromatic heterocycles. The summed E-state index contributed by atoms with van der Waals surface area (Å²) in [6.07, 6.45) is -5.80. The summed E-state index contributed by atoms with van der Waals surface area (Å²) in [4.78, 5) is 20.6. The molecule has 0 spiro atoms. The molecule has 0 bridgehead atoms. The van der Waals surface area contributed by atoms with Gasteiger partial charge in [0.15, 0.2) is 15.7 Å². The molecular weight excluding hydrogens is 629 g/mol. The molecule has 0 unspecified atom stereocenters. The number of carbonyl (C=O) groups is 1. The number of hydrogen-bond acceptors (Lipinski definition) is 6. The second-order valence-electron chi connectivity index (χ2n) is 10.4. The van der Waals surface area contributed by atoms with Gasteiger partial charge >= 0.3 is 12.4 Å². The lowest BCUT2D eigenvalue weighted by Crippen LogP contribution is -2.27. The summed E-state index contributed by atoms with van der Waals surface area (Å²) in [5.41, 5.74) is 0.550. The molecule has 0 atom stereocenters. The first-order chi connectivity index (χ1) is 21.0. The molecule has 45 heavy (non-hydrogen) atoms. The molecular formula is C30H23F7N4O3S. The van der Waals surface area contributed by atoms with Crippen molar-refractivity contribution in [1.82, 2.24) is 20.2 Å². The largest absolute Gasteiger partial charge is 0.433 e. The van der Waals surface area contributed by atoms with Gasteiger partial charge in [0.2, 0.25) is 0 Å². The average molecular weight is 653 g/mol. The minimum atomic E-state index is -4.64. The topological polar surface area (TPSA) is 92.3 Å². The summed E-state index contributed by atoms with van der Waals surface area (Å²) < 4.78 is 115. The number of alkyl halides is 6. The first-order valence-electron chi connectivity index (χ1n) is 13.2. The van der Waals surface area contributed by atoms with Crippen LogP contribution in [0.2, 0.25) is 0 Å². The van der Waals surface area contributed by atoms with E-state index in [0.717, 1.165) is 36.2 Å². The van der Waals surface area contributed by atoms with E-state index < -0.39 is 55.8 Å². The van der Waals surface area contributed by atoms with Crippen LogP contribution in [0.4, 0.5) is 30.7 Å². The molecule has 4 heterocycles. The van der Waals surface area contributed by atoms with Crippen LogP contribution in [0.5, 0.6) is 0 Å². The van der Waals surface area contributed by atoms with Crippen LogP contribution in [0.3, 0.4) is 0 Å². The highest BCUT2D eigenvalue weighted by Crippen LogP contribution is 2.35. The summed E-state index contributed by atoms with van der Waals surface area (Å²) in [7, 11) is -3.97. The Morgan fingerprint density at radius 3 is 1.96 bits per heavy atom. The third kappa shape index (κ3) is 6.83. The number of nitrogens with zero attached hydrogens (tertiary/aromatic N) is 3. The Kier molecular flexibility index (Phi) is 8.44. The smallest absolute Gasteiger partial charge is 0.330 e. The van der Waals surface area contributed by atoms with Crippen LogP contribution in [-0.2, 0) is 48.4 Å². The van der Waals surface area contributed by atoms with E-state index in [1.165, 1.54) is 17.2 Å². The number of fused-ring (bicyclic) bond motifs is 2. The normalized spacial score (nSPS) is 14.4. The van der Waals surface area contributed by atoms with E-state index in [-0.39, 0.29) is 24.2 Å². The van der Waals surface area contributed by atoms with Gasteiger partial charge in [0.05, 0.1) is 5.56 Å². The van der Waals surface area contributed by atoms with Crippen molar-refractivity contribution in [2.45, 2.75) is 43.4 Å². The van der Waals surface area contributed by atoms with Crippen LogP contribution < -0.4 is 5.32 Å². The van der Waals surface area contributed by atoms with Gasteiger partial charge in [-0.15, -0.1) is 0 Å². The highest BCUT2D eigenvalue weighted by atomic mass is 32.2. The quantitative estimate of drug-likeness (QED) is 0.266. The maximum Gasteiger partial charge on any atom is 0.433 e. The molecule has 2 aliphatic rings. The molecule has 0 radical (unpaired) electrons. The number of aromatic nitrogens is 2. The van der Waals surface area contributed by atoms with Gasteiger partial charge in [-0.1, -0.05) is 36.4 Å². The van der Waals surface area contributed by atoms with E-state index >= 15 is 4.39 Å². The average Bonchev–Trinajstić information content (AvgIpc) is 3.62. The maximum absolute atomic E-state index is 15.4. The van der Waals surface area contributed by atoms with E-state index in [0.29, 0.717) is 29.8 Å². The molecule has 0 fully saturated rings. The fourth-order valence-electron chi connectivity index (χ4n) is 4.99. The SMILES string of the molecule is CS(=O)(=O)c1ccc(-c2ccccc2)c(C(=O)N2Cc3cnc(C(F)(F)F)cc3C2)c1F.FC(F)(F)c1cc2c(cn1)CNC2. The summed E-state index contributed by atoms with van der Waals surface area (Å²) in [6, 6.07) is 12.8. The van der Waals surface area contributed by atoms with Crippen molar-refractivity contribution in [3.8, 4) is 11.1 Å². The van der Waals surface area contributed by atoms with E-state index in [2.05, 4.69) is 15.3 Å². The minimum Gasteiger partial charge on any atom is -0.330 e. The Labute approximate surface area is 252 Å². The van der Waals surface area contributed by atoms with Crippen molar-refractivity contribution in [3.05, 3.63) is 112 Å². The van der Waals surface area contributed by atoms with Crippen molar-refractivity contribution >= 4 is 15.7 Å². The highest BCUT2D eigenvalue weighted by molar-refractivity contribution is 7.90. The fourth-order valence-corrected chi connectivity index (χ4v) is 5.73. The zero-order valence-corrected chi connectivity index (χ0v) is 24.1. The molecule has 7 nitrogen and oxygen atoms in total. The molecule has 0 saturated heterocycles. The summed E-state index contributed by atoms with van der Waals surface area (Å²) in [6.45, 7) is 0.855. The number of pyridine rings is 2. The molecule has 0 aliphatic carbocycles. The lowest BCUT2D eigenvalue weighted by atomic mass is 9.98. The van der Waals surface area contributed by atoms with Crippen molar-refractivity contribution in [1.29, 1.82) is 0 Å². The van der Waals surface area contributed by atoms with Crippen molar-refractivity contribution < 1.29 is 43.9 Å². The maximum atomic E-state index is 15.4. The molecule has 1 N–H and O–H groups in total. The van der Waals surface area contributed by atoms with Crippen molar-refractivity contribution in [2.75, 3.05) is 6.26 Å². The van der Waals surface area contributed by atoms with E-state index in [9.17, 15) is 39.6 Å². The van der Waals surface area contributed by atoms with Gasteiger partial charge in [-0.2, -0.15) is 26.3 Å². The zero-order chi connectivity index (χ0) is 32.7.